The van der Waals surface area contributed by atoms with Crippen LogP contribution in [0.1, 0.15) is 36.8 Å². The van der Waals surface area contributed by atoms with E-state index in [1.54, 1.807) is 26.2 Å². The Morgan fingerprint density at radius 1 is 1.19 bits per heavy atom. The van der Waals surface area contributed by atoms with E-state index >= 15 is 0 Å². The fraction of sp³-hybridized carbons (Fsp3) is 0.429. The van der Waals surface area contributed by atoms with Gasteiger partial charge in [-0.05, 0) is 62.8 Å². The van der Waals surface area contributed by atoms with Crippen molar-refractivity contribution in [1.82, 2.24) is 0 Å². The fourth-order valence-corrected chi connectivity index (χ4v) is 3.28. The van der Waals surface area contributed by atoms with Crippen LogP contribution in [-0.4, -0.2) is 24.7 Å². The normalized spacial score (nSPS) is 15.6. The lowest BCUT2D eigenvalue weighted by Gasteiger charge is -2.26. The third-order valence-corrected chi connectivity index (χ3v) is 4.87. The van der Waals surface area contributed by atoms with E-state index in [-0.39, 0.29) is 16.7 Å². The Bertz CT molecular complexity index is 805. The van der Waals surface area contributed by atoms with E-state index in [2.05, 4.69) is 6.07 Å². The maximum atomic E-state index is 11.0. The zero-order valence-corrected chi connectivity index (χ0v) is 15.8. The number of benzene rings is 2. The van der Waals surface area contributed by atoms with E-state index in [4.69, 9.17) is 14.2 Å². The van der Waals surface area contributed by atoms with Crippen LogP contribution in [0.5, 0.6) is 17.2 Å². The zero-order chi connectivity index (χ0) is 19.2. The Labute approximate surface area is 159 Å². The molecule has 0 bridgehead atoms. The van der Waals surface area contributed by atoms with E-state index < -0.39 is 0 Å². The molecule has 0 fully saturated rings. The molecule has 6 nitrogen and oxygen atoms in total. The van der Waals surface area contributed by atoms with Crippen LogP contribution in [0.2, 0.25) is 0 Å². The number of rotatable bonds is 8. The Morgan fingerprint density at radius 3 is 2.78 bits per heavy atom. The first-order valence-electron chi connectivity index (χ1n) is 9.28. The van der Waals surface area contributed by atoms with Gasteiger partial charge in [0.2, 0.25) is 0 Å². The maximum absolute atomic E-state index is 11.0. The van der Waals surface area contributed by atoms with Crippen LogP contribution in [0.4, 0.5) is 5.69 Å². The van der Waals surface area contributed by atoms with Gasteiger partial charge in [-0.3, -0.25) is 10.1 Å². The number of nitrogens with zero attached hydrogens (tertiary/aromatic N) is 1. The molecule has 0 spiro atoms. The second-order valence-corrected chi connectivity index (χ2v) is 6.80. The summed E-state index contributed by atoms with van der Waals surface area (Å²) < 4.78 is 17.0. The first kappa shape index (κ1) is 19.0. The summed E-state index contributed by atoms with van der Waals surface area (Å²) >= 11 is 0. The summed E-state index contributed by atoms with van der Waals surface area (Å²) in [6.45, 7) is 2.26. The number of fused-ring (bicyclic) bond motifs is 1. The summed E-state index contributed by atoms with van der Waals surface area (Å²) in [7, 11) is 1.66. The molecule has 1 atom stereocenters. The third-order valence-electron chi connectivity index (χ3n) is 4.87. The Hall–Kier alpha value is -2.76. The standard InChI is InChI=1S/C21H25NO5/c1-15-6-9-19(13-20(15)22(23)24)26-12-4-3-5-17-10-7-16-8-11-18(25-2)14-21(16)27-17/h6,8-9,11,13-14,17H,3-5,7,10,12H2,1-2H3. The number of nitro groups is 1. The van der Waals surface area contributed by atoms with Crippen molar-refractivity contribution in [2.45, 2.75) is 45.1 Å². The van der Waals surface area contributed by atoms with Gasteiger partial charge >= 0.3 is 0 Å². The highest BCUT2D eigenvalue weighted by molar-refractivity contribution is 5.45. The van der Waals surface area contributed by atoms with Crippen molar-refractivity contribution >= 4 is 5.69 Å². The van der Waals surface area contributed by atoms with Crippen molar-refractivity contribution in [3.05, 3.63) is 57.6 Å². The average molecular weight is 371 g/mol. The molecule has 1 heterocycles. The van der Waals surface area contributed by atoms with E-state index in [0.717, 1.165) is 43.6 Å². The monoisotopic (exact) mass is 371 g/mol. The van der Waals surface area contributed by atoms with Gasteiger partial charge in [0, 0.05) is 11.6 Å². The van der Waals surface area contributed by atoms with Crippen molar-refractivity contribution in [3.63, 3.8) is 0 Å². The molecule has 2 aromatic carbocycles. The highest BCUT2D eigenvalue weighted by Crippen LogP contribution is 2.32. The second-order valence-electron chi connectivity index (χ2n) is 6.80. The molecule has 3 rings (SSSR count). The van der Waals surface area contributed by atoms with E-state index in [1.807, 2.05) is 12.1 Å². The minimum Gasteiger partial charge on any atom is -0.497 e. The highest BCUT2D eigenvalue weighted by atomic mass is 16.6. The van der Waals surface area contributed by atoms with Crippen LogP contribution in [0, 0.1) is 17.0 Å². The molecule has 1 aliphatic rings. The lowest BCUT2D eigenvalue weighted by Crippen LogP contribution is -2.22. The molecule has 1 unspecified atom stereocenters. The summed E-state index contributed by atoms with van der Waals surface area (Å²) in [5.41, 5.74) is 1.97. The number of methoxy groups -OCH3 is 1. The summed E-state index contributed by atoms with van der Waals surface area (Å²) in [6, 6.07) is 11.0. The van der Waals surface area contributed by atoms with E-state index in [0.29, 0.717) is 17.9 Å². The van der Waals surface area contributed by atoms with Crippen molar-refractivity contribution in [3.8, 4) is 17.2 Å². The van der Waals surface area contributed by atoms with E-state index in [1.165, 1.54) is 11.6 Å². The molecule has 0 radical (unpaired) electrons. The Kier molecular flexibility index (Phi) is 6.16. The van der Waals surface area contributed by atoms with E-state index in [9.17, 15) is 10.1 Å². The molecular weight excluding hydrogens is 346 g/mol. The lowest BCUT2D eigenvalue weighted by molar-refractivity contribution is -0.385. The number of ether oxygens (including phenoxy) is 3. The van der Waals surface area contributed by atoms with Gasteiger partial charge in [0.05, 0.1) is 30.8 Å². The van der Waals surface area contributed by atoms with Crippen LogP contribution >= 0.6 is 0 Å². The Morgan fingerprint density at radius 2 is 2.00 bits per heavy atom. The maximum Gasteiger partial charge on any atom is 0.275 e. The second kappa shape index (κ2) is 8.75. The van der Waals surface area contributed by atoms with Crippen LogP contribution in [0.3, 0.4) is 0 Å². The summed E-state index contributed by atoms with van der Waals surface area (Å²) in [6.07, 6.45) is 5.08. The number of hydrogen-bond acceptors (Lipinski definition) is 5. The van der Waals surface area contributed by atoms with Gasteiger partial charge in [-0.25, -0.2) is 0 Å². The van der Waals surface area contributed by atoms with Crippen molar-refractivity contribution in [2.75, 3.05) is 13.7 Å². The topological polar surface area (TPSA) is 70.8 Å². The molecule has 0 amide bonds. The van der Waals surface area contributed by atoms with Crippen molar-refractivity contribution < 1.29 is 19.1 Å². The van der Waals surface area contributed by atoms with Crippen LogP contribution in [0.25, 0.3) is 0 Å². The van der Waals surface area contributed by atoms with Gasteiger partial charge in [0.1, 0.15) is 17.2 Å². The molecule has 0 saturated carbocycles. The minimum absolute atomic E-state index is 0.0946. The zero-order valence-electron chi connectivity index (χ0n) is 15.8. The summed E-state index contributed by atoms with van der Waals surface area (Å²) in [5, 5.41) is 11.0. The minimum atomic E-state index is -0.380. The number of aryl methyl sites for hydroxylation is 2. The molecule has 0 aromatic heterocycles. The molecule has 1 aliphatic heterocycles. The Balaban J connectivity index is 1.42. The van der Waals surface area contributed by atoms with Gasteiger partial charge in [0.15, 0.2) is 0 Å². The molecule has 27 heavy (non-hydrogen) atoms. The molecule has 0 N–H and O–H groups in total. The molecule has 0 saturated heterocycles. The molecule has 0 aliphatic carbocycles. The van der Waals surface area contributed by atoms with Crippen LogP contribution in [0.15, 0.2) is 36.4 Å². The first-order valence-corrected chi connectivity index (χ1v) is 9.28. The lowest BCUT2D eigenvalue weighted by atomic mass is 9.99. The third kappa shape index (κ3) is 4.90. The molecule has 2 aromatic rings. The fourth-order valence-electron chi connectivity index (χ4n) is 3.28. The number of unbranched alkanes of at least 4 members (excludes halogenated alkanes) is 1. The first-order chi connectivity index (χ1) is 13.1. The molecule has 6 heteroatoms. The van der Waals surface area contributed by atoms with Crippen LogP contribution < -0.4 is 14.2 Å². The number of nitro benzene ring substituents is 1. The highest BCUT2D eigenvalue weighted by Gasteiger charge is 2.20. The largest absolute Gasteiger partial charge is 0.497 e. The van der Waals surface area contributed by atoms with Gasteiger partial charge in [0.25, 0.3) is 5.69 Å². The van der Waals surface area contributed by atoms with Crippen LogP contribution in [-0.2, 0) is 6.42 Å². The molecular formula is C21H25NO5. The van der Waals surface area contributed by atoms with Crippen molar-refractivity contribution in [2.24, 2.45) is 0 Å². The number of hydrogen-bond donors (Lipinski definition) is 0. The predicted octanol–water partition coefficient (Wildman–Crippen LogP) is 4.85. The van der Waals surface area contributed by atoms with Crippen molar-refractivity contribution in [1.29, 1.82) is 0 Å². The SMILES string of the molecule is COc1ccc2c(c1)OC(CCCCOc1ccc(C)c([N+](=O)[O-])c1)CC2. The van der Waals surface area contributed by atoms with Gasteiger partial charge in [-0.15, -0.1) is 0 Å². The summed E-state index contributed by atoms with van der Waals surface area (Å²) in [5.74, 6) is 2.28. The quantitative estimate of drug-likeness (QED) is 0.377. The average Bonchev–Trinajstić information content (AvgIpc) is 2.68. The van der Waals surface area contributed by atoms with Gasteiger partial charge in [-0.1, -0.05) is 6.07 Å². The van der Waals surface area contributed by atoms with Gasteiger partial charge in [-0.2, -0.15) is 0 Å². The molecule has 144 valence electrons. The summed E-state index contributed by atoms with van der Waals surface area (Å²) in [4.78, 5) is 10.6. The smallest absolute Gasteiger partial charge is 0.275 e. The van der Waals surface area contributed by atoms with Gasteiger partial charge < -0.3 is 14.2 Å². The predicted molar refractivity (Wildman–Crippen MR) is 103 cm³/mol.